The van der Waals surface area contributed by atoms with Crippen LogP contribution in [-0.2, 0) is 11.2 Å². The first-order chi connectivity index (χ1) is 9.69. The third-order valence-corrected chi connectivity index (χ3v) is 4.30. The number of piperidine rings is 1. The van der Waals surface area contributed by atoms with Gasteiger partial charge in [-0.05, 0) is 49.3 Å². The van der Waals surface area contributed by atoms with Crippen LogP contribution < -0.4 is 0 Å². The van der Waals surface area contributed by atoms with E-state index >= 15 is 0 Å². The first kappa shape index (κ1) is 15.3. The Morgan fingerprint density at radius 1 is 1.25 bits per heavy atom. The molecule has 1 saturated heterocycles. The van der Waals surface area contributed by atoms with Gasteiger partial charge in [0.05, 0.1) is 0 Å². The highest BCUT2D eigenvalue weighted by molar-refractivity contribution is 6.30. The Balaban J connectivity index is 1.74. The molecule has 0 aliphatic carbocycles. The van der Waals surface area contributed by atoms with Gasteiger partial charge in [0.25, 0.3) is 0 Å². The van der Waals surface area contributed by atoms with E-state index in [4.69, 9.17) is 16.7 Å². The molecule has 0 aromatic heterocycles. The molecule has 1 amide bonds. The molecule has 0 radical (unpaired) electrons. The first-order valence-electron chi connectivity index (χ1n) is 7.32. The molecule has 0 unspecified atom stereocenters. The minimum atomic E-state index is 0.238. The largest absolute Gasteiger partial charge is 0.396 e. The van der Waals surface area contributed by atoms with E-state index in [1.807, 2.05) is 29.2 Å². The fourth-order valence-corrected chi connectivity index (χ4v) is 2.84. The number of carbonyl (C=O) groups excluding carboxylic acids is 1. The quantitative estimate of drug-likeness (QED) is 0.907. The van der Waals surface area contributed by atoms with Crippen LogP contribution in [0.2, 0.25) is 5.02 Å². The summed E-state index contributed by atoms with van der Waals surface area (Å²) in [6.45, 7) is 1.93. The number of hydrogen-bond acceptors (Lipinski definition) is 2. The topological polar surface area (TPSA) is 40.5 Å². The summed E-state index contributed by atoms with van der Waals surface area (Å²) in [5.41, 5.74) is 1.15. The van der Waals surface area contributed by atoms with Crippen LogP contribution in [0.5, 0.6) is 0 Å². The van der Waals surface area contributed by atoms with Gasteiger partial charge in [-0.3, -0.25) is 4.79 Å². The van der Waals surface area contributed by atoms with E-state index < -0.39 is 0 Å². The van der Waals surface area contributed by atoms with Crippen molar-refractivity contribution in [1.82, 2.24) is 4.90 Å². The Bertz CT molecular complexity index is 425. The van der Waals surface area contributed by atoms with Crippen molar-refractivity contribution in [2.45, 2.75) is 32.1 Å². The van der Waals surface area contributed by atoms with Gasteiger partial charge in [0.1, 0.15) is 0 Å². The number of benzene rings is 1. The molecule has 20 heavy (non-hydrogen) atoms. The van der Waals surface area contributed by atoms with Crippen molar-refractivity contribution < 1.29 is 9.90 Å². The summed E-state index contributed by atoms with van der Waals surface area (Å²) < 4.78 is 0. The van der Waals surface area contributed by atoms with Crippen LogP contribution in [-0.4, -0.2) is 35.6 Å². The van der Waals surface area contributed by atoms with Crippen LogP contribution in [0.25, 0.3) is 0 Å². The summed E-state index contributed by atoms with van der Waals surface area (Å²) >= 11 is 5.84. The van der Waals surface area contributed by atoms with Crippen molar-refractivity contribution in [2.24, 2.45) is 5.92 Å². The number of rotatable bonds is 5. The molecule has 0 spiro atoms. The number of halogens is 1. The van der Waals surface area contributed by atoms with E-state index in [-0.39, 0.29) is 12.5 Å². The molecule has 4 heteroatoms. The van der Waals surface area contributed by atoms with Crippen LogP contribution in [0, 0.1) is 5.92 Å². The number of nitrogens with zero attached hydrogens (tertiary/aromatic N) is 1. The van der Waals surface area contributed by atoms with Crippen molar-refractivity contribution in [2.75, 3.05) is 19.7 Å². The SMILES string of the molecule is O=C(CCc1ccc(Cl)cc1)N1CCC(CCO)CC1. The van der Waals surface area contributed by atoms with Crippen LogP contribution in [0.3, 0.4) is 0 Å². The van der Waals surface area contributed by atoms with E-state index in [1.165, 1.54) is 0 Å². The van der Waals surface area contributed by atoms with Crippen LogP contribution in [0.1, 0.15) is 31.2 Å². The zero-order valence-electron chi connectivity index (χ0n) is 11.7. The number of aryl methyl sites for hydroxylation is 1. The third-order valence-electron chi connectivity index (χ3n) is 4.05. The molecule has 0 atom stereocenters. The zero-order chi connectivity index (χ0) is 14.4. The number of aliphatic hydroxyl groups is 1. The van der Waals surface area contributed by atoms with Gasteiger partial charge in [-0.2, -0.15) is 0 Å². The molecule has 1 heterocycles. The summed E-state index contributed by atoms with van der Waals surface area (Å²) in [5, 5.41) is 9.66. The molecule has 1 fully saturated rings. The van der Waals surface area contributed by atoms with Crippen molar-refractivity contribution in [3.63, 3.8) is 0 Å². The first-order valence-corrected chi connectivity index (χ1v) is 7.70. The maximum Gasteiger partial charge on any atom is 0.222 e. The molecule has 0 bridgehead atoms. The third kappa shape index (κ3) is 4.50. The van der Waals surface area contributed by atoms with Crippen LogP contribution in [0.15, 0.2) is 24.3 Å². The number of carbonyl (C=O) groups is 1. The molecule has 0 saturated carbocycles. The highest BCUT2D eigenvalue weighted by Crippen LogP contribution is 2.21. The number of likely N-dealkylation sites (tertiary alicyclic amines) is 1. The van der Waals surface area contributed by atoms with Gasteiger partial charge in [0.15, 0.2) is 0 Å². The summed E-state index contributed by atoms with van der Waals surface area (Å²) in [5.74, 6) is 0.822. The lowest BCUT2D eigenvalue weighted by Gasteiger charge is -2.31. The lowest BCUT2D eigenvalue weighted by Crippen LogP contribution is -2.38. The second kappa shape index (κ2) is 7.65. The summed E-state index contributed by atoms with van der Waals surface area (Å²) in [6, 6.07) is 7.68. The van der Waals surface area contributed by atoms with Gasteiger partial charge < -0.3 is 10.0 Å². The molecular formula is C16H22ClNO2. The highest BCUT2D eigenvalue weighted by atomic mass is 35.5. The molecule has 1 aliphatic heterocycles. The monoisotopic (exact) mass is 295 g/mol. The highest BCUT2D eigenvalue weighted by Gasteiger charge is 2.21. The van der Waals surface area contributed by atoms with Gasteiger partial charge in [-0.1, -0.05) is 23.7 Å². The van der Waals surface area contributed by atoms with E-state index in [0.29, 0.717) is 12.3 Å². The Hall–Kier alpha value is -1.06. The average Bonchev–Trinajstić information content (AvgIpc) is 2.47. The molecule has 110 valence electrons. The van der Waals surface area contributed by atoms with Gasteiger partial charge in [0, 0.05) is 31.1 Å². The van der Waals surface area contributed by atoms with Gasteiger partial charge in [-0.15, -0.1) is 0 Å². The summed E-state index contributed by atoms with van der Waals surface area (Å²) in [6.07, 6.45) is 4.24. The van der Waals surface area contributed by atoms with Crippen molar-refractivity contribution in [1.29, 1.82) is 0 Å². The normalized spacial score (nSPS) is 16.4. The average molecular weight is 296 g/mol. The fourth-order valence-electron chi connectivity index (χ4n) is 2.71. The molecular weight excluding hydrogens is 274 g/mol. The zero-order valence-corrected chi connectivity index (χ0v) is 12.5. The standard InChI is InChI=1S/C16H22ClNO2/c17-15-4-1-13(2-5-15)3-6-16(20)18-10-7-14(8-11-18)9-12-19/h1-2,4-5,14,19H,3,6-12H2. The Kier molecular flexibility index (Phi) is 5.86. The van der Waals surface area contributed by atoms with Crippen molar-refractivity contribution in [3.05, 3.63) is 34.9 Å². The predicted octanol–water partition coefficient (Wildman–Crippen LogP) is 2.89. The number of hydrogen-bond donors (Lipinski definition) is 1. The Morgan fingerprint density at radius 2 is 1.90 bits per heavy atom. The van der Waals surface area contributed by atoms with Crippen molar-refractivity contribution >= 4 is 17.5 Å². The number of amides is 1. The molecule has 1 N–H and O–H groups in total. The maximum atomic E-state index is 12.2. The van der Waals surface area contributed by atoms with Gasteiger partial charge >= 0.3 is 0 Å². The minimum Gasteiger partial charge on any atom is -0.396 e. The van der Waals surface area contributed by atoms with Gasteiger partial charge in [-0.25, -0.2) is 0 Å². The smallest absolute Gasteiger partial charge is 0.222 e. The molecule has 1 aliphatic rings. The minimum absolute atomic E-state index is 0.238. The molecule has 2 rings (SSSR count). The predicted molar refractivity (Wildman–Crippen MR) is 80.8 cm³/mol. The second-order valence-electron chi connectivity index (χ2n) is 5.46. The molecule has 1 aromatic rings. The van der Waals surface area contributed by atoms with E-state index in [9.17, 15) is 4.79 Å². The summed E-state index contributed by atoms with van der Waals surface area (Å²) in [7, 11) is 0. The lowest BCUT2D eigenvalue weighted by atomic mass is 9.93. The van der Waals surface area contributed by atoms with Gasteiger partial charge in [0.2, 0.25) is 5.91 Å². The van der Waals surface area contributed by atoms with E-state index in [0.717, 1.165) is 49.4 Å². The maximum absolute atomic E-state index is 12.2. The summed E-state index contributed by atoms with van der Waals surface area (Å²) in [4.78, 5) is 14.1. The second-order valence-corrected chi connectivity index (χ2v) is 5.90. The number of aliphatic hydroxyl groups excluding tert-OH is 1. The molecule has 3 nitrogen and oxygen atoms in total. The Morgan fingerprint density at radius 3 is 2.50 bits per heavy atom. The Labute approximate surface area is 125 Å². The lowest BCUT2D eigenvalue weighted by molar-refractivity contribution is -0.132. The van der Waals surface area contributed by atoms with Crippen LogP contribution >= 0.6 is 11.6 Å². The molecule has 1 aromatic carbocycles. The van der Waals surface area contributed by atoms with Crippen LogP contribution in [0.4, 0.5) is 0 Å². The fraction of sp³-hybridized carbons (Fsp3) is 0.562. The van der Waals surface area contributed by atoms with E-state index in [1.54, 1.807) is 0 Å². The van der Waals surface area contributed by atoms with E-state index in [2.05, 4.69) is 0 Å². The van der Waals surface area contributed by atoms with Crippen molar-refractivity contribution in [3.8, 4) is 0 Å².